The molecular formula is C9H11F3O3S. The summed E-state index contributed by atoms with van der Waals surface area (Å²) in [5.41, 5.74) is 0. The van der Waals surface area contributed by atoms with Gasteiger partial charge in [-0.2, -0.15) is 13.2 Å². The molecule has 0 aromatic rings. The fourth-order valence-electron chi connectivity index (χ4n) is 1.26. The molecule has 0 aliphatic carbocycles. The molecule has 1 fully saturated rings. The Labute approximate surface area is 94.7 Å². The first-order valence-electron chi connectivity index (χ1n) is 4.76. The molecule has 2 unspecified atom stereocenters. The average Bonchev–Trinajstić information content (AvgIpc) is 2.56. The zero-order valence-electron chi connectivity index (χ0n) is 8.54. The Morgan fingerprint density at radius 3 is 2.62 bits per heavy atom. The summed E-state index contributed by atoms with van der Waals surface area (Å²) < 4.78 is 41.6. The van der Waals surface area contributed by atoms with Gasteiger partial charge in [0.15, 0.2) is 11.0 Å². The van der Waals surface area contributed by atoms with E-state index in [4.69, 9.17) is 0 Å². The number of carbonyl (C=O) groups is 2. The minimum absolute atomic E-state index is 0.125. The fraction of sp³-hybridized carbons (Fsp3) is 0.778. The highest BCUT2D eigenvalue weighted by molar-refractivity contribution is 8.01. The molecule has 16 heavy (non-hydrogen) atoms. The van der Waals surface area contributed by atoms with E-state index in [0.29, 0.717) is 18.2 Å². The number of halogens is 3. The summed E-state index contributed by atoms with van der Waals surface area (Å²) in [7, 11) is 0. The maximum absolute atomic E-state index is 12.3. The van der Waals surface area contributed by atoms with Gasteiger partial charge in [-0.25, -0.2) is 0 Å². The Bertz CT molecular complexity index is 290. The number of carbonyl (C=O) groups excluding carboxylic acids is 2. The van der Waals surface area contributed by atoms with E-state index in [1.54, 1.807) is 6.92 Å². The van der Waals surface area contributed by atoms with Crippen LogP contribution in [0.1, 0.15) is 13.3 Å². The average molecular weight is 256 g/mol. The summed E-state index contributed by atoms with van der Waals surface area (Å²) in [4.78, 5) is 22.6. The Kier molecular flexibility index (Phi) is 4.23. The smallest absolute Gasteiger partial charge is 0.399 e. The molecule has 0 aromatic carbocycles. The van der Waals surface area contributed by atoms with Crippen LogP contribution in [0.25, 0.3) is 0 Å². The van der Waals surface area contributed by atoms with Crippen LogP contribution in [0, 0.1) is 5.92 Å². The van der Waals surface area contributed by atoms with Crippen molar-refractivity contribution in [2.75, 3.05) is 12.4 Å². The lowest BCUT2D eigenvalue weighted by Crippen LogP contribution is -2.35. The standard InChI is InChI=1S/C9H11F3O3S/c1-2-3-15-8(14)7-6(13)5(4-16-7)9(10,11)12/h5,7H,2-4H2,1H3. The van der Waals surface area contributed by atoms with Gasteiger partial charge in [0.25, 0.3) is 0 Å². The summed E-state index contributed by atoms with van der Waals surface area (Å²) >= 11 is 0.700. The van der Waals surface area contributed by atoms with E-state index in [0.717, 1.165) is 0 Å². The molecule has 0 amide bonds. The summed E-state index contributed by atoms with van der Waals surface area (Å²) in [6, 6.07) is 0. The molecule has 0 bridgehead atoms. The molecule has 92 valence electrons. The molecule has 1 rings (SSSR count). The normalized spacial score (nSPS) is 25.9. The molecule has 1 aliphatic rings. The first-order chi connectivity index (χ1) is 7.38. The van der Waals surface area contributed by atoms with Gasteiger partial charge in [-0.05, 0) is 6.42 Å². The minimum Gasteiger partial charge on any atom is -0.465 e. The Balaban J connectivity index is 2.61. The van der Waals surface area contributed by atoms with Gasteiger partial charge in [0, 0.05) is 5.75 Å². The van der Waals surface area contributed by atoms with Crippen LogP contribution < -0.4 is 0 Å². The zero-order chi connectivity index (χ0) is 12.3. The van der Waals surface area contributed by atoms with Gasteiger partial charge >= 0.3 is 12.1 Å². The second-order valence-corrected chi connectivity index (χ2v) is 4.52. The summed E-state index contributed by atoms with van der Waals surface area (Å²) in [6.07, 6.45) is -4.00. The topological polar surface area (TPSA) is 43.4 Å². The minimum atomic E-state index is -4.57. The largest absolute Gasteiger partial charge is 0.465 e. The highest BCUT2D eigenvalue weighted by atomic mass is 32.2. The van der Waals surface area contributed by atoms with E-state index in [2.05, 4.69) is 4.74 Å². The van der Waals surface area contributed by atoms with E-state index < -0.39 is 34.8 Å². The number of thioether (sulfide) groups is 1. The third-order valence-electron chi connectivity index (χ3n) is 2.09. The molecule has 0 aromatic heterocycles. The maximum Gasteiger partial charge on any atom is 0.399 e. The number of hydrogen-bond acceptors (Lipinski definition) is 4. The van der Waals surface area contributed by atoms with Crippen molar-refractivity contribution in [3.63, 3.8) is 0 Å². The fourth-order valence-corrected chi connectivity index (χ4v) is 2.53. The van der Waals surface area contributed by atoms with Crippen molar-refractivity contribution < 1.29 is 27.5 Å². The quantitative estimate of drug-likeness (QED) is 0.570. The lowest BCUT2D eigenvalue weighted by Gasteiger charge is -2.12. The summed E-state index contributed by atoms with van der Waals surface area (Å²) in [6.45, 7) is 1.88. The monoisotopic (exact) mass is 256 g/mol. The predicted octanol–water partition coefficient (Wildman–Crippen LogP) is 1.80. The van der Waals surface area contributed by atoms with Crippen molar-refractivity contribution in [1.29, 1.82) is 0 Å². The van der Waals surface area contributed by atoms with Crippen LogP contribution in [-0.4, -0.2) is 35.5 Å². The van der Waals surface area contributed by atoms with Crippen LogP contribution in [0.4, 0.5) is 13.2 Å². The van der Waals surface area contributed by atoms with Gasteiger partial charge in [-0.3, -0.25) is 9.59 Å². The predicted molar refractivity (Wildman–Crippen MR) is 52.0 cm³/mol. The molecule has 0 N–H and O–H groups in total. The molecule has 3 nitrogen and oxygen atoms in total. The second-order valence-electron chi connectivity index (χ2n) is 3.38. The van der Waals surface area contributed by atoms with Crippen LogP contribution >= 0.6 is 11.8 Å². The molecule has 0 saturated carbocycles. The van der Waals surface area contributed by atoms with Crippen molar-refractivity contribution in [1.82, 2.24) is 0 Å². The SMILES string of the molecule is CCCOC(=O)C1SCC(C(F)(F)F)C1=O. The van der Waals surface area contributed by atoms with Crippen LogP contribution in [0.15, 0.2) is 0 Å². The van der Waals surface area contributed by atoms with Crippen molar-refractivity contribution in [3.8, 4) is 0 Å². The Morgan fingerprint density at radius 1 is 1.56 bits per heavy atom. The number of ketones is 1. The number of hydrogen-bond donors (Lipinski definition) is 0. The molecular weight excluding hydrogens is 245 g/mol. The number of alkyl halides is 3. The third-order valence-corrected chi connectivity index (χ3v) is 3.37. The van der Waals surface area contributed by atoms with Crippen molar-refractivity contribution in [2.45, 2.75) is 24.8 Å². The highest BCUT2D eigenvalue weighted by Gasteiger charge is 2.53. The van der Waals surface area contributed by atoms with Crippen molar-refractivity contribution >= 4 is 23.5 Å². The first kappa shape index (κ1) is 13.3. The van der Waals surface area contributed by atoms with Gasteiger partial charge in [0.05, 0.1) is 6.61 Å². The van der Waals surface area contributed by atoms with Gasteiger partial charge in [-0.1, -0.05) is 6.92 Å². The molecule has 1 aliphatic heterocycles. The van der Waals surface area contributed by atoms with Crippen LogP contribution in [-0.2, 0) is 14.3 Å². The van der Waals surface area contributed by atoms with E-state index >= 15 is 0 Å². The molecule has 1 heterocycles. The molecule has 2 atom stereocenters. The van der Waals surface area contributed by atoms with Crippen LogP contribution in [0.3, 0.4) is 0 Å². The number of ether oxygens (including phenoxy) is 1. The van der Waals surface area contributed by atoms with E-state index in [1.807, 2.05) is 0 Å². The lowest BCUT2D eigenvalue weighted by atomic mass is 10.0. The van der Waals surface area contributed by atoms with Gasteiger partial charge in [0.1, 0.15) is 5.92 Å². The van der Waals surface area contributed by atoms with Gasteiger partial charge in [0.2, 0.25) is 0 Å². The second kappa shape index (κ2) is 5.07. The third kappa shape index (κ3) is 2.90. The molecule has 1 saturated heterocycles. The molecule has 7 heteroatoms. The molecule has 0 radical (unpaired) electrons. The lowest BCUT2D eigenvalue weighted by molar-refractivity contribution is -0.175. The van der Waals surface area contributed by atoms with Gasteiger partial charge in [-0.15, -0.1) is 11.8 Å². The maximum atomic E-state index is 12.3. The van der Waals surface area contributed by atoms with Crippen LogP contribution in [0.5, 0.6) is 0 Å². The summed E-state index contributed by atoms with van der Waals surface area (Å²) in [5.74, 6) is -4.37. The molecule has 0 spiro atoms. The van der Waals surface area contributed by atoms with E-state index in [1.165, 1.54) is 0 Å². The Hall–Kier alpha value is -0.720. The van der Waals surface area contributed by atoms with E-state index in [-0.39, 0.29) is 6.61 Å². The number of rotatable bonds is 3. The van der Waals surface area contributed by atoms with Crippen LogP contribution in [0.2, 0.25) is 0 Å². The van der Waals surface area contributed by atoms with Crippen molar-refractivity contribution in [3.05, 3.63) is 0 Å². The zero-order valence-corrected chi connectivity index (χ0v) is 9.36. The van der Waals surface area contributed by atoms with E-state index in [9.17, 15) is 22.8 Å². The Morgan fingerprint density at radius 2 is 2.19 bits per heavy atom. The first-order valence-corrected chi connectivity index (χ1v) is 5.81. The number of Topliss-reactive ketones (excluding diaryl/α,β-unsaturated/α-hetero) is 1. The van der Waals surface area contributed by atoms with Crippen molar-refractivity contribution in [2.24, 2.45) is 5.92 Å². The summed E-state index contributed by atoms with van der Waals surface area (Å²) in [5, 5.41) is -1.31. The number of esters is 1. The van der Waals surface area contributed by atoms with Gasteiger partial charge < -0.3 is 4.74 Å². The highest BCUT2D eigenvalue weighted by Crippen LogP contribution is 2.39.